The molecule has 42 heavy (non-hydrogen) atoms. The van der Waals surface area contributed by atoms with Crippen molar-refractivity contribution in [2.45, 2.75) is 109 Å². The van der Waals surface area contributed by atoms with Crippen LogP contribution < -0.4 is 5.32 Å². The van der Waals surface area contributed by atoms with Gasteiger partial charge in [-0.25, -0.2) is 9.78 Å². The number of nitrogens with one attached hydrogen (secondary N) is 1. The van der Waals surface area contributed by atoms with Crippen molar-refractivity contribution in [2.24, 2.45) is 5.92 Å². The van der Waals surface area contributed by atoms with Gasteiger partial charge in [0.1, 0.15) is 5.60 Å². The highest BCUT2D eigenvalue weighted by Crippen LogP contribution is 2.41. The Bertz CT molecular complexity index is 1260. The molecule has 1 saturated heterocycles. The van der Waals surface area contributed by atoms with Crippen LogP contribution in [0.1, 0.15) is 106 Å². The van der Waals surface area contributed by atoms with Crippen LogP contribution in [0.15, 0.2) is 16.8 Å². The van der Waals surface area contributed by atoms with Crippen molar-refractivity contribution in [1.82, 2.24) is 24.9 Å². The first-order valence-corrected chi connectivity index (χ1v) is 15.3. The Morgan fingerprint density at radius 2 is 1.90 bits per heavy atom. The molecule has 0 bridgehead atoms. The van der Waals surface area contributed by atoms with E-state index in [1.807, 2.05) is 31.9 Å². The van der Waals surface area contributed by atoms with E-state index in [-0.39, 0.29) is 35.9 Å². The van der Waals surface area contributed by atoms with Gasteiger partial charge in [0.05, 0.1) is 23.8 Å². The zero-order valence-corrected chi connectivity index (χ0v) is 26.1. The van der Waals surface area contributed by atoms with Crippen LogP contribution in [0.4, 0.5) is 10.5 Å². The molecule has 0 aromatic carbocycles. The number of methoxy groups -OCH3 is 1. The van der Waals surface area contributed by atoms with E-state index in [1.165, 1.54) is 5.56 Å². The minimum atomic E-state index is -0.648. The molecule has 1 N–H and O–H groups in total. The number of aromatic nitrogens is 3. The summed E-state index contributed by atoms with van der Waals surface area (Å²) >= 11 is 0. The molecule has 230 valence electrons. The highest BCUT2D eigenvalue weighted by molar-refractivity contribution is 5.98. The number of pyridine rings is 1. The van der Waals surface area contributed by atoms with Gasteiger partial charge < -0.3 is 29.1 Å². The Hall–Kier alpha value is -3.21. The summed E-state index contributed by atoms with van der Waals surface area (Å²) in [5.41, 5.74) is 1.72. The molecule has 0 spiro atoms. The zero-order chi connectivity index (χ0) is 30.2. The number of anilines is 1. The number of likely N-dealkylation sites (tertiary alicyclic amines) is 1. The maximum atomic E-state index is 14.5. The van der Waals surface area contributed by atoms with Crippen LogP contribution in [-0.2, 0) is 9.47 Å². The standard InChI is InChI=1S/C31H46N6O5/c1-18(2)15-37(24-10-22(28-33-19(3)35-42-28)16-36(17-24)30(39)41-31(4,5)6)29(38)27-26(34-23-12-25(13-23)40-7)11-21(14-32-27)20-8-9-20/h11,14,18,20,22-25,34H,8-10,12-13,15-17H2,1-7H3/t22-,23?,24+,25?/m1/s1. The Kier molecular flexibility index (Phi) is 8.78. The molecule has 3 aliphatic rings. The average Bonchev–Trinajstić information content (AvgIpc) is 3.67. The fourth-order valence-electron chi connectivity index (χ4n) is 5.86. The SMILES string of the molecule is COC1CC(Nc2cc(C3CC3)cnc2C(=O)N(CC(C)C)[C@H]2C[C@@H](c3nc(C)no3)CN(C(=O)OC(C)(C)C)C2)C1. The fraction of sp³-hybridized carbons (Fsp3) is 0.710. The molecule has 1 aliphatic heterocycles. The van der Waals surface area contributed by atoms with Crippen molar-refractivity contribution in [3.05, 3.63) is 35.2 Å². The van der Waals surface area contributed by atoms with Gasteiger partial charge in [0.15, 0.2) is 11.5 Å². The first kappa shape index (κ1) is 30.3. The van der Waals surface area contributed by atoms with Gasteiger partial charge in [-0.1, -0.05) is 19.0 Å². The molecule has 11 nitrogen and oxygen atoms in total. The van der Waals surface area contributed by atoms with Gasteiger partial charge >= 0.3 is 6.09 Å². The molecule has 5 rings (SSSR count). The van der Waals surface area contributed by atoms with Gasteiger partial charge in [-0.2, -0.15) is 4.98 Å². The van der Waals surface area contributed by atoms with Crippen LogP contribution in [0.3, 0.4) is 0 Å². The topological polar surface area (TPSA) is 123 Å². The van der Waals surface area contributed by atoms with E-state index in [1.54, 1.807) is 18.9 Å². The lowest BCUT2D eigenvalue weighted by Gasteiger charge is -2.42. The predicted octanol–water partition coefficient (Wildman–Crippen LogP) is 5.13. The summed E-state index contributed by atoms with van der Waals surface area (Å²) in [6.07, 6.45) is 6.37. The molecule has 0 unspecified atom stereocenters. The monoisotopic (exact) mass is 582 g/mol. The van der Waals surface area contributed by atoms with E-state index in [2.05, 4.69) is 35.4 Å². The van der Waals surface area contributed by atoms with Crippen LogP contribution in [-0.4, -0.2) is 87.5 Å². The predicted molar refractivity (Wildman–Crippen MR) is 158 cm³/mol. The summed E-state index contributed by atoms with van der Waals surface area (Å²) in [6, 6.07) is 2.06. The van der Waals surface area contributed by atoms with Crippen LogP contribution in [0, 0.1) is 12.8 Å². The summed E-state index contributed by atoms with van der Waals surface area (Å²) in [5, 5.41) is 7.59. The minimum Gasteiger partial charge on any atom is -0.444 e. The van der Waals surface area contributed by atoms with Crippen molar-refractivity contribution in [3.8, 4) is 0 Å². The molecule has 3 heterocycles. The molecule has 3 fully saturated rings. The lowest BCUT2D eigenvalue weighted by molar-refractivity contribution is 0.00478. The quantitative estimate of drug-likeness (QED) is 0.429. The van der Waals surface area contributed by atoms with Crippen molar-refractivity contribution in [2.75, 3.05) is 32.1 Å². The first-order chi connectivity index (χ1) is 19.9. The van der Waals surface area contributed by atoms with E-state index >= 15 is 0 Å². The maximum Gasteiger partial charge on any atom is 0.410 e. The summed E-state index contributed by atoms with van der Waals surface area (Å²) in [4.78, 5) is 40.6. The third-order valence-corrected chi connectivity index (χ3v) is 8.18. The van der Waals surface area contributed by atoms with E-state index in [0.29, 0.717) is 49.4 Å². The lowest BCUT2D eigenvalue weighted by Crippen LogP contribution is -2.55. The van der Waals surface area contributed by atoms with Gasteiger partial charge in [0.2, 0.25) is 5.89 Å². The Morgan fingerprint density at radius 1 is 1.17 bits per heavy atom. The van der Waals surface area contributed by atoms with Crippen molar-refractivity contribution in [3.63, 3.8) is 0 Å². The Labute approximate surface area is 248 Å². The van der Waals surface area contributed by atoms with Crippen LogP contribution in [0.25, 0.3) is 0 Å². The minimum absolute atomic E-state index is 0.146. The number of hydrogen-bond donors (Lipinski definition) is 1. The summed E-state index contributed by atoms with van der Waals surface area (Å²) in [7, 11) is 1.74. The summed E-state index contributed by atoms with van der Waals surface area (Å²) < 4.78 is 16.8. The lowest BCUT2D eigenvalue weighted by atomic mass is 9.89. The second-order valence-electron chi connectivity index (χ2n) is 13.6. The largest absolute Gasteiger partial charge is 0.444 e. The second-order valence-corrected chi connectivity index (χ2v) is 13.6. The third kappa shape index (κ3) is 7.22. The molecule has 11 heteroatoms. The number of amides is 2. The number of carbonyl (C=O) groups is 2. The van der Waals surface area contributed by atoms with Gasteiger partial charge in [0.25, 0.3) is 5.91 Å². The molecule has 2 aromatic heterocycles. The fourth-order valence-corrected chi connectivity index (χ4v) is 5.86. The zero-order valence-electron chi connectivity index (χ0n) is 26.1. The number of carbonyl (C=O) groups excluding carboxylic acids is 2. The van der Waals surface area contributed by atoms with Gasteiger partial charge in [-0.15, -0.1) is 0 Å². The number of hydrogen-bond acceptors (Lipinski definition) is 9. The third-order valence-electron chi connectivity index (χ3n) is 8.18. The molecule has 2 aromatic rings. The van der Waals surface area contributed by atoms with Crippen molar-refractivity contribution >= 4 is 17.7 Å². The Balaban J connectivity index is 1.45. The second kappa shape index (κ2) is 12.2. The number of aryl methyl sites for hydroxylation is 1. The summed E-state index contributed by atoms with van der Waals surface area (Å²) in [6.45, 7) is 12.7. The number of piperidine rings is 1. The van der Waals surface area contributed by atoms with E-state index in [9.17, 15) is 9.59 Å². The smallest absolute Gasteiger partial charge is 0.410 e. The molecule has 0 radical (unpaired) electrons. The highest BCUT2D eigenvalue weighted by atomic mass is 16.6. The summed E-state index contributed by atoms with van der Waals surface area (Å²) in [5.74, 6) is 1.34. The average molecular weight is 583 g/mol. The van der Waals surface area contributed by atoms with E-state index in [0.717, 1.165) is 31.4 Å². The van der Waals surface area contributed by atoms with Crippen molar-refractivity contribution < 1.29 is 23.6 Å². The van der Waals surface area contributed by atoms with Crippen molar-refractivity contribution in [1.29, 1.82) is 0 Å². The first-order valence-electron chi connectivity index (χ1n) is 15.3. The highest BCUT2D eigenvalue weighted by Gasteiger charge is 2.41. The molecular formula is C31H46N6O5. The maximum absolute atomic E-state index is 14.5. The van der Waals surface area contributed by atoms with Crippen LogP contribution in [0.5, 0.6) is 0 Å². The molecule has 2 aliphatic carbocycles. The number of ether oxygens (including phenoxy) is 2. The molecule has 2 saturated carbocycles. The van der Waals surface area contributed by atoms with Crippen LogP contribution in [0.2, 0.25) is 0 Å². The number of nitrogens with zero attached hydrogens (tertiary/aromatic N) is 5. The van der Waals surface area contributed by atoms with E-state index < -0.39 is 11.7 Å². The van der Waals surface area contributed by atoms with Crippen LogP contribution >= 0.6 is 0 Å². The van der Waals surface area contributed by atoms with Gasteiger partial charge in [-0.3, -0.25) is 4.79 Å². The normalized spacial score (nSPS) is 24.3. The molecular weight excluding hydrogens is 536 g/mol. The van der Waals surface area contributed by atoms with E-state index in [4.69, 9.17) is 19.0 Å². The number of rotatable bonds is 9. The van der Waals surface area contributed by atoms with Gasteiger partial charge in [-0.05, 0) is 83.3 Å². The molecule has 2 atom stereocenters. The Morgan fingerprint density at radius 3 is 2.50 bits per heavy atom. The van der Waals surface area contributed by atoms with Gasteiger partial charge in [0, 0.05) is 39.0 Å². The molecule has 2 amide bonds.